The summed E-state index contributed by atoms with van der Waals surface area (Å²) in [6, 6.07) is 7.50. The molecule has 0 N–H and O–H groups in total. The van der Waals surface area contributed by atoms with Gasteiger partial charge in [0.25, 0.3) is 0 Å². The van der Waals surface area contributed by atoms with Gasteiger partial charge in [-0.3, -0.25) is 4.79 Å². The van der Waals surface area contributed by atoms with Crippen molar-refractivity contribution in [1.82, 2.24) is 19.9 Å². The van der Waals surface area contributed by atoms with Crippen LogP contribution in [0, 0.1) is 0 Å². The van der Waals surface area contributed by atoms with Crippen LogP contribution in [0.5, 0.6) is 0 Å². The summed E-state index contributed by atoms with van der Waals surface area (Å²) >= 11 is 0. The highest BCUT2D eigenvalue weighted by molar-refractivity contribution is 7.91. The Labute approximate surface area is 134 Å². The molecule has 2 heterocycles. The molecule has 4 rings (SSSR count). The molecule has 122 valence electrons. The molecule has 23 heavy (non-hydrogen) atoms. The highest BCUT2D eigenvalue weighted by Crippen LogP contribution is 2.32. The van der Waals surface area contributed by atoms with Crippen molar-refractivity contribution in [2.24, 2.45) is 0 Å². The number of hydrogen-bond donors (Lipinski definition) is 0. The Bertz CT molecular complexity index is 856. The first-order chi connectivity index (χ1) is 11.0. The quantitative estimate of drug-likeness (QED) is 0.818. The smallest absolute Gasteiger partial charge is 0.244 e. The predicted octanol–water partition coefficient (Wildman–Crippen LogP) is 0.609. The monoisotopic (exact) mass is 334 g/mol. The molecule has 1 atom stereocenters. The van der Waals surface area contributed by atoms with E-state index in [1.54, 1.807) is 9.58 Å². The molecule has 0 unspecified atom stereocenters. The van der Waals surface area contributed by atoms with Gasteiger partial charge in [0.05, 0.1) is 17.0 Å². The van der Waals surface area contributed by atoms with E-state index in [2.05, 4.69) is 10.3 Å². The van der Waals surface area contributed by atoms with E-state index in [1.165, 1.54) is 0 Å². The van der Waals surface area contributed by atoms with Gasteiger partial charge in [0, 0.05) is 12.1 Å². The Morgan fingerprint density at radius 1 is 1.22 bits per heavy atom. The van der Waals surface area contributed by atoms with Crippen molar-refractivity contribution in [1.29, 1.82) is 0 Å². The molecule has 0 spiro atoms. The summed E-state index contributed by atoms with van der Waals surface area (Å²) in [6.07, 6.45) is 2.46. The van der Waals surface area contributed by atoms with Crippen molar-refractivity contribution in [2.75, 3.05) is 11.5 Å². The van der Waals surface area contributed by atoms with Crippen LogP contribution >= 0.6 is 0 Å². The van der Waals surface area contributed by atoms with Crippen LogP contribution in [0.3, 0.4) is 0 Å². The van der Waals surface area contributed by atoms with Gasteiger partial charge in [0.15, 0.2) is 9.84 Å². The predicted molar refractivity (Wildman–Crippen MR) is 84.5 cm³/mol. The minimum atomic E-state index is -3.01. The van der Waals surface area contributed by atoms with E-state index in [4.69, 9.17) is 0 Å². The molecule has 0 bridgehead atoms. The summed E-state index contributed by atoms with van der Waals surface area (Å²) in [5, 5.41) is 8.11. The number of benzene rings is 1. The van der Waals surface area contributed by atoms with Crippen molar-refractivity contribution in [3.8, 4) is 0 Å². The van der Waals surface area contributed by atoms with Crippen molar-refractivity contribution < 1.29 is 13.2 Å². The number of sulfone groups is 1. The SMILES string of the molecule is O=C(Cn1nnc2ccccc21)N(C1CC1)[C@@H]1CCS(=O)(=O)C1. The number of aromatic nitrogens is 3. The Hall–Kier alpha value is -1.96. The first kappa shape index (κ1) is 14.6. The molecular weight excluding hydrogens is 316 g/mol. The van der Waals surface area contributed by atoms with Gasteiger partial charge in [0.1, 0.15) is 12.1 Å². The maximum Gasteiger partial charge on any atom is 0.244 e. The number of carbonyl (C=O) groups excluding carboxylic acids is 1. The number of nitrogens with zero attached hydrogens (tertiary/aromatic N) is 4. The number of hydrogen-bond acceptors (Lipinski definition) is 5. The average Bonchev–Trinajstić information content (AvgIpc) is 3.16. The van der Waals surface area contributed by atoms with Gasteiger partial charge in [-0.15, -0.1) is 5.10 Å². The molecule has 1 saturated carbocycles. The molecule has 1 aromatic heterocycles. The van der Waals surface area contributed by atoms with Gasteiger partial charge in [-0.25, -0.2) is 13.1 Å². The third kappa shape index (κ3) is 2.83. The van der Waals surface area contributed by atoms with E-state index in [1.807, 2.05) is 24.3 Å². The largest absolute Gasteiger partial charge is 0.334 e. The number of para-hydroxylation sites is 1. The molecule has 1 saturated heterocycles. The number of carbonyl (C=O) groups is 1. The standard InChI is InChI=1S/C15H18N4O3S/c20-15(9-18-14-4-2-1-3-13(14)16-17-18)19(11-5-6-11)12-7-8-23(21,22)10-12/h1-4,11-12H,5-10H2/t12-/m1/s1. The Balaban J connectivity index is 1.56. The van der Waals surface area contributed by atoms with Crippen LogP contribution in [0.4, 0.5) is 0 Å². The van der Waals surface area contributed by atoms with Crippen LogP contribution < -0.4 is 0 Å². The summed E-state index contributed by atoms with van der Waals surface area (Å²) in [5.41, 5.74) is 1.57. The van der Waals surface area contributed by atoms with Gasteiger partial charge in [-0.05, 0) is 31.4 Å². The van der Waals surface area contributed by atoms with Crippen LogP contribution in [0.2, 0.25) is 0 Å². The molecule has 8 heteroatoms. The second-order valence-corrected chi connectivity index (χ2v) is 8.55. The lowest BCUT2D eigenvalue weighted by Crippen LogP contribution is -2.44. The van der Waals surface area contributed by atoms with Crippen molar-refractivity contribution in [3.63, 3.8) is 0 Å². The number of fused-ring (bicyclic) bond motifs is 1. The van der Waals surface area contributed by atoms with Crippen LogP contribution in [0.25, 0.3) is 11.0 Å². The van der Waals surface area contributed by atoms with Crippen LogP contribution in [0.15, 0.2) is 24.3 Å². The third-order valence-corrected chi connectivity index (χ3v) is 6.29. The van der Waals surface area contributed by atoms with Crippen molar-refractivity contribution >= 4 is 26.8 Å². The number of amides is 1. The van der Waals surface area contributed by atoms with Gasteiger partial charge in [-0.1, -0.05) is 17.3 Å². The third-order valence-electron chi connectivity index (χ3n) is 4.54. The topological polar surface area (TPSA) is 85.2 Å². The summed E-state index contributed by atoms with van der Waals surface area (Å²) in [4.78, 5) is 14.6. The molecule has 1 aliphatic heterocycles. The molecule has 0 radical (unpaired) electrons. The summed E-state index contributed by atoms with van der Waals surface area (Å²) in [6.45, 7) is 0.105. The second kappa shape index (κ2) is 5.30. The molecule has 1 amide bonds. The fraction of sp³-hybridized carbons (Fsp3) is 0.533. The molecule has 7 nitrogen and oxygen atoms in total. The van der Waals surface area contributed by atoms with E-state index >= 15 is 0 Å². The second-order valence-electron chi connectivity index (χ2n) is 6.32. The minimum absolute atomic E-state index is 0.0646. The zero-order valence-corrected chi connectivity index (χ0v) is 13.4. The van der Waals surface area contributed by atoms with Crippen molar-refractivity contribution in [2.45, 2.75) is 37.9 Å². The maximum atomic E-state index is 12.8. The van der Waals surface area contributed by atoms with E-state index in [0.717, 1.165) is 23.9 Å². The van der Waals surface area contributed by atoms with Gasteiger partial charge in [0.2, 0.25) is 5.91 Å². The van der Waals surface area contributed by atoms with E-state index < -0.39 is 9.84 Å². The summed E-state index contributed by atoms with van der Waals surface area (Å²) < 4.78 is 25.1. The van der Waals surface area contributed by atoms with Gasteiger partial charge < -0.3 is 4.90 Å². The first-order valence-corrected chi connectivity index (χ1v) is 9.65. The first-order valence-electron chi connectivity index (χ1n) is 7.83. The van der Waals surface area contributed by atoms with Crippen molar-refractivity contribution in [3.05, 3.63) is 24.3 Å². The minimum Gasteiger partial charge on any atom is -0.334 e. The lowest BCUT2D eigenvalue weighted by molar-refractivity contribution is -0.134. The number of rotatable bonds is 4. The zero-order chi connectivity index (χ0) is 16.0. The Morgan fingerprint density at radius 2 is 2.00 bits per heavy atom. The lowest BCUT2D eigenvalue weighted by atomic mass is 10.2. The van der Waals surface area contributed by atoms with Crippen LogP contribution in [-0.2, 0) is 21.2 Å². The average molecular weight is 334 g/mol. The highest BCUT2D eigenvalue weighted by atomic mass is 32.2. The Morgan fingerprint density at radius 3 is 2.70 bits per heavy atom. The molecule has 2 aliphatic rings. The molecular formula is C15H18N4O3S. The van der Waals surface area contributed by atoms with Crippen LogP contribution in [-0.4, -0.2) is 57.8 Å². The maximum absolute atomic E-state index is 12.8. The summed E-state index contributed by atoms with van der Waals surface area (Å²) in [7, 11) is -3.01. The highest BCUT2D eigenvalue weighted by Gasteiger charge is 2.42. The van der Waals surface area contributed by atoms with E-state index in [9.17, 15) is 13.2 Å². The van der Waals surface area contributed by atoms with Gasteiger partial charge >= 0.3 is 0 Å². The molecule has 1 aliphatic carbocycles. The Kier molecular flexibility index (Phi) is 3.37. The summed E-state index contributed by atoms with van der Waals surface area (Å²) in [5.74, 6) is 0.207. The zero-order valence-electron chi connectivity index (χ0n) is 12.6. The molecule has 1 aromatic carbocycles. The van der Waals surface area contributed by atoms with E-state index in [-0.39, 0.29) is 36.0 Å². The fourth-order valence-corrected chi connectivity index (χ4v) is 5.01. The van der Waals surface area contributed by atoms with Crippen LogP contribution in [0.1, 0.15) is 19.3 Å². The molecule has 2 fully saturated rings. The van der Waals surface area contributed by atoms with E-state index in [0.29, 0.717) is 6.42 Å². The normalized spacial score (nSPS) is 23.2. The lowest BCUT2D eigenvalue weighted by Gasteiger charge is -2.28. The molecule has 2 aromatic rings. The fourth-order valence-electron chi connectivity index (χ4n) is 3.30. The van der Waals surface area contributed by atoms with Gasteiger partial charge in [-0.2, -0.15) is 0 Å².